The first-order chi connectivity index (χ1) is 9.09. The molecule has 2 aromatic rings. The molecule has 0 aromatic carbocycles. The van der Waals surface area contributed by atoms with Gasteiger partial charge in [0, 0.05) is 6.04 Å². The van der Waals surface area contributed by atoms with Gasteiger partial charge in [-0.1, -0.05) is 0 Å². The van der Waals surface area contributed by atoms with Gasteiger partial charge in [-0.05, 0) is 25.0 Å². The lowest BCUT2D eigenvalue weighted by Crippen LogP contribution is -2.32. The number of H-pyrrole nitrogens is 1. The van der Waals surface area contributed by atoms with Gasteiger partial charge < -0.3 is 10.2 Å². The zero-order valence-electron chi connectivity index (χ0n) is 10.1. The number of furan rings is 1. The highest BCUT2D eigenvalue weighted by Gasteiger charge is 2.39. The molecule has 1 saturated carbocycles. The first-order valence-corrected chi connectivity index (χ1v) is 7.36. The van der Waals surface area contributed by atoms with Gasteiger partial charge in [0.25, 0.3) is 0 Å². The van der Waals surface area contributed by atoms with Crippen molar-refractivity contribution >= 4 is 15.8 Å². The third-order valence-electron chi connectivity index (χ3n) is 3.06. The summed E-state index contributed by atoms with van der Waals surface area (Å²) in [5, 5.41) is 6.11. The van der Waals surface area contributed by atoms with E-state index in [4.69, 9.17) is 10.2 Å². The number of nitrogens with two attached hydrogens (primary N) is 1. The maximum absolute atomic E-state index is 12.6. The molecule has 2 heterocycles. The maximum Gasteiger partial charge on any atom is 0.248 e. The van der Waals surface area contributed by atoms with E-state index in [0.717, 1.165) is 12.8 Å². The molecule has 0 bridgehead atoms. The highest BCUT2D eigenvalue weighted by Crippen LogP contribution is 2.34. The second-order valence-corrected chi connectivity index (χ2v) is 6.37. The van der Waals surface area contributed by atoms with E-state index in [9.17, 15) is 8.42 Å². The van der Waals surface area contributed by atoms with Gasteiger partial charge in [-0.15, -0.1) is 0 Å². The van der Waals surface area contributed by atoms with Crippen LogP contribution in [0.4, 0.5) is 5.82 Å². The number of aromatic nitrogens is 2. The Morgan fingerprint density at radius 2 is 2.32 bits per heavy atom. The van der Waals surface area contributed by atoms with Gasteiger partial charge in [0.2, 0.25) is 10.0 Å². The van der Waals surface area contributed by atoms with Crippen LogP contribution in [0.15, 0.2) is 33.9 Å². The molecule has 0 unspecified atom stereocenters. The summed E-state index contributed by atoms with van der Waals surface area (Å²) in [4.78, 5) is 0.0194. The molecule has 0 amide bonds. The zero-order valence-corrected chi connectivity index (χ0v) is 10.9. The van der Waals surface area contributed by atoms with E-state index in [1.165, 1.54) is 16.8 Å². The Morgan fingerprint density at radius 3 is 2.84 bits per heavy atom. The Kier molecular flexibility index (Phi) is 2.83. The number of sulfonamides is 1. The number of hydrogen-bond donors (Lipinski definition) is 2. The molecule has 2 aromatic heterocycles. The first kappa shape index (κ1) is 12.2. The molecular weight excluding hydrogens is 268 g/mol. The fourth-order valence-corrected chi connectivity index (χ4v) is 3.61. The minimum atomic E-state index is -3.65. The van der Waals surface area contributed by atoms with E-state index < -0.39 is 10.0 Å². The molecule has 3 rings (SSSR count). The lowest BCUT2D eigenvalue weighted by molar-refractivity contribution is 0.357. The fraction of sp³-hybridized carbons (Fsp3) is 0.364. The maximum atomic E-state index is 12.6. The molecule has 0 atom stereocenters. The summed E-state index contributed by atoms with van der Waals surface area (Å²) < 4.78 is 31.8. The molecule has 0 aliphatic heterocycles. The minimum absolute atomic E-state index is 0.0180. The number of anilines is 1. The molecule has 1 aliphatic rings. The second kappa shape index (κ2) is 4.39. The van der Waals surface area contributed by atoms with Crippen LogP contribution in [0.1, 0.15) is 18.6 Å². The molecule has 102 valence electrons. The Bertz CT molecular complexity index is 658. The Balaban J connectivity index is 1.94. The molecule has 0 spiro atoms. The normalized spacial score (nSPS) is 16.1. The summed E-state index contributed by atoms with van der Waals surface area (Å²) in [7, 11) is -3.65. The summed E-state index contributed by atoms with van der Waals surface area (Å²) >= 11 is 0. The van der Waals surface area contributed by atoms with Gasteiger partial charge in [0.15, 0.2) is 0 Å². The highest BCUT2D eigenvalue weighted by atomic mass is 32.2. The van der Waals surface area contributed by atoms with Crippen LogP contribution in [0.25, 0.3) is 0 Å². The third kappa shape index (κ3) is 2.24. The van der Waals surface area contributed by atoms with Crippen molar-refractivity contribution in [2.75, 3.05) is 5.73 Å². The van der Waals surface area contributed by atoms with E-state index in [1.807, 2.05) is 0 Å². The van der Waals surface area contributed by atoms with Gasteiger partial charge in [-0.3, -0.25) is 5.10 Å². The van der Waals surface area contributed by atoms with Crippen LogP contribution in [0, 0.1) is 0 Å². The Morgan fingerprint density at radius 1 is 1.53 bits per heavy atom. The minimum Gasteiger partial charge on any atom is -0.468 e. The molecule has 1 fully saturated rings. The average molecular weight is 282 g/mol. The SMILES string of the molecule is Nc1[nH]ncc1S(=O)(=O)N(Cc1ccco1)C1CC1. The summed E-state index contributed by atoms with van der Waals surface area (Å²) in [5.74, 6) is 0.669. The van der Waals surface area contributed by atoms with Crippen molar-refractivity contribution in [1.29, 1.82) is 0 Å². The molecule has 0 radical (unpaired) electrons. The van der Waals surface area contributed by atoms with Gasteiger partial charge in [0.1, 0.15) is 16.5 Å². The predicted molar refractivity (Wildman–Crippen MR) is 67.5 cm³/mol. The number of nitrogens with one attached hydrogen (secondary N) is 1. The van der Waals surface area contributed by atoms with Gasteiger partial charge in [0.05, 0.1) is 19.0 Å². The molecule has 8 heteroatoms. The molecule has 3 N–H and O–H groups in total. The summed E-state index contributed by atoms with van der Waals surface area (Å²) in [6.07, 6.45) is 4.48. The van der Waals surface area contributed by atoms with Crippen molar-refractivity contribution in [3.05, 3.63) is 30.4 Å². The predicted octanol–water partition coefficient (Wildman–Crippen LogP) is 0.938. The van der Waals surface area contributed by atoms with E-state index >= 15 is 0 Å². The topological polar surface area (TPSA) is 105 Å². The summed E-state index contributed by atoms with van der Waals surface area (Å²) in [5.41, 5.74) is 5.61. The number of aromatic amines is 1. The van der Waals surface area contributed by atoms with Crippen LogP contribution in [-0.4, -0.2) is 29.0 Å². The third-order valence-corrected chi connectivity index (χ3v) is 4.99. The van der Waals surface area contributed by atoms with Crippen molar-refractivity contribution < 1.29 is 12.8 Å². The van der Waals surface area contributed by atoms with E-state index in [2.05, 4.69) is 10.2 Å². The quantitative estimate of drug-likeness (QED) is 0.849. The smallest absolute Gasteiger partial charge is 0.248 e. The van der Waals surface area contributed by atoms with Gasteiger partial charge >= 0.3 is 0 Å². The number of nitrogen functional groups attached to an aromatic ring is 1. The Labute approximate surface area is 110 Å². The van der Waals surface area contributed by atoms with E-state index in [-0.39, 0.29) is 23.3 Å². The van der Waals surface area contributed by atoms with Crippen molar-refractivity contribution in [3.8, 4) is 0 Å². The first-order valence-electron chi connectivity index (χ1n) is 5.92. The van der Waals surface area contributed by atoms with E-state index in [0.29, 0.717) is 5.76 Å². The largest absolute Gasteiger partial charge is 0.468 e. The van der Waals surface area contributed by atoms with Crippen LogP contribution in [0.3, 0.4) is 0 Å². The lowest BCUT2D eigenvalue weighted by atomic mass is 10.4. The molecule has 19 heavy (non-hydrogen) atoms. The average Bonchev–Trinajstić information content (AvgIpc) is 2.88. The van der Waals surface area contributed by atoms with Crippen LogP contribution in [0.5, 0.6) is 0 Å². The monoisotopic (exact) mass is 282 g/mol. The van der Waals surface area contributed by atoms with Crippen molar-refractivity contribution in [1.82, 2.24) is 14.5 Å². The number of hydrogen-bond acceptors (Lipinski definition) is 5. The molecule has 1 aliphatic carbocycles. The molecule has 0 saturated heterocycles. The van der Waals surface area contributed by atoms with Gasteiger partial charge in [-0.25, -0.2) is 8.42 Å². The van der Waals surface area contributed by atoms with Crippen LogP contribution < -0.4 is 5.73 Å². The summed E-state index contributed by atoms with van der Waals surface area (Å²) in [6, 6.07) is 3.51. The standard InChI is InChI=1S/C11H14N4O3S/c12-11-10(6-13-14-11)19(16,17)15(8-3-4-8)7-9-2-1-5-18-9/h1-2,5-6,8H,3-4,7H2,(H3,12,13,14). The highest BCUT2D eigenvalue weighted by molar-refractivity contribution is 7.89. The zero-order chi connectivity index (χ0) is 13.5. The summed E-state index contributed by atoms with van der Waals surface area (Å²) in [6.45, 7) is 0.213. The van der Waals surface area contributed by atoms with Crippen molar-refractivity contribution in [2.45, 2.75) is 30.3 Å². The fourth-order valence-electron chi connectivity index (χ4n) is 1.95. The molecule has 7 nitrogen and oxygen atoms in total. The van der Waals surface area contributed by atoms with Crippen LogP contribution in [-0.2, 0) is 16.6 Å². The molecular formula is C11H14N4O3S. The Hall–Kier alpha value is -1.80. The van der Waals surface area contributed by atoms with E-state index in [1.54, 1.807) is 12.1 Å². The van der Waals surface area contributed by atoms with Gasteiger partial charge in [-0.2, -0.15) is 9.40 Å². The van der Waals surface area contributed by atoms with Crippen LogP contribution in [0.2, 0.25) is 0 Å². The lowest BCUT2D eigenvalue weighted by Gasteiger charge is -2.20. The number of rotatable bonds is 5. The van der Waals surface area contributed by atoms with Crippen molar-refractivity contribution in [3.63, 3.8) is 0 Å². The van der Waals surface area contributed by atoms with Crippen molar-refractivity contribution in [2.24, 2.45) is 0 Å². The number of nitrogens with zero attached hydrogens (tertiary/aromatic N) is 2. The van der Waals surface area contributed by atoms with Crippen LogP contribution >= 0.6 is 0 Å². The second-order valence-electron chi connectivity index (χ2n) is 4.51.